The first-order chi connectivity index (χ1) is 26.5. The van der Waals surface area contributed by atoms with Gasteiger partial charge in [-0.05, 0) is 92.8 Å². The molecule has 0 saturated heterocycles. The molecule has 9 nitrogen and oxygen atoms in total. The van der Waals surface area contributed by atoms with Gasteiger partial charge in [-0.15, -0.1) is 0 Å². The van der Waals surface area contributed by atoms with Gasteiger partial charge in [0.1, 0.15) is 22.3 Å². The number of nitrogens with zero attached hydrogens (tertiary/aromatic N) is 2. The summed E-state index contributed by atoms with van der Waals surface area (Å²) in [6.07, 6.45) is 3.28. The van der Waals surface area contributed by atoms with E-state index in [4.69, 9.17) is 21.1 Å². The largest absolute Gasteiger partial charge is 0.492 e. The lowest BCUT2D eigenvalue weighted by Crippen LogP contribution is -2.38. The molecule has 0 aliphatic heterocycles. The number of sulfonamides is 1. The maximum absolute atomic E-state index is 15.5. The molecule has 306 valence electrons. The number of benzene rings is 3. The van der Waals surface area contributed by atoms with Crippen molar-refractivity contribution < 1.29 is 45.0 Å². The third-order valence-corrected chi connectivity index (χ3v) is 11.4. The number of rotatable bonds is 13. The van der Waals surface area contributed by atoms with E-state index >= 15 is 8.78 Å². The summed E-state index contributed by atoms with van der Waals surface area (Å²) in [5, 5.41) is -0.216. The number of aromatic nitrogens is 1. The zero-order valence-electron chi connectivity index (χ0n) is 32.4. The summed E-state index contributed by atoms with van der Waals surface area (Å²) in [5.41, 5.74) is -0.490. The van der Waals surface area contributed by atoms with Gasteiger partial charge in [0.2, 0.25) is 15.9 Å². The summed E-state index contributed by atoms with van der Waals surface area (Å²) in [6.45, 7) is 12.8. The number of hydrogen-bond acceptors (Lipinski definition) is 7. The topological polar surface area (TPSA) is 115 Å². The quantitative estimate of drug-likeness (QED) is 0.0355. The Balaban J connectivity index is 1.60. The third-order valence-electron chi connectivity index (χ3n) is 8.95. The average Bonchev–Trinajstić information content (AvgIpc) is 3.97. The second kappa shape index (κ2) is 16.9. The summed E-state index contributed by atoms with van der Waals surface area (Å²) < 4.78 is 101. The van der Waals surface area contributed by atoms with Gasteiger partial charge >= 0.3 is 5.97 Å². The lowest BCUT2D eigenvalue weighted by atomic mass is 9.84. The zero-order valence-corrected chi connectivity index (χ0v) is 35.6. The first kappa shape index (κ1) is 43.9. The maximum Gasteiger partial charge on any atom is 0.338 e. The molecule has 3 aromatic carbocycles. The van der Waals surface area contributed by atoms with Crippen LogP contribution in [-0.2, 0) is 31.5 Å². The summed E-state index contributed by atoms with van der Waals surface area (Å²) >= 11 is 9.26. The molecule has 0 spiro atoms. The van der Waals surface area contributed by atoms with Crippen molar-refractivity contribution in [2.45, 2.75) is 89.6 Å². The number of halogens is 6. The molecular weight excluding hydrogens is 854 g/mol. The van der Waals surface area contributed by atoms with E-state index in [-0.39, 0.29) is 46.3 Å². The molecule has 16 heteroatoms. The molecular formula is C41H43BrClF4N3O6S. The van der Waals surface area contributed by atoms with Gasteiger partial charge in [0.05, 0.1) is 34.9 Å². The number of alkyl halides is 1. The summed E-state index contributed by atoms with van der Waals surface area (Å²) in [5.74, 6) is -11.1. The van der Waals surface area contributed by atoms with Crippen LogP contribution in [0, 0.1) is 23.3 Å². The number of amides is 1. The van der Waals surface area contributed by atoms with Crippen LogP contribution in [0.15, 0.2) is 54.7 Å². The van der Waals surface area contributed by atoms with Gasteiger partial charge in [0.15, 0.2) is 23.3 Å². The Bertz CT molecular complexity index is 2310. The highest BCUT2D eigenvalue weighted by atomic mass is 79.9. The number of anilines is 2. The fraction of sp³-hybridized carbons (Fsp3) is 0.390. The molecule has 0 bridgehead atoms. The lowest BCUT2D eigenvalue weighted by Gasteiger charge is -2.28. The minimum absolute atomic E-state index is 0.0208. The van der Waals surface area contributed by atoms with Gasteiger partial charge in [-0.1, -0.05) is 72.6 Å². The van der Waals surface area contributed by atoms with E-state index in [0.717, 1.165) is 28.9 Å². The highest BCUT2D eigenvalue weighted by Gasteiger charge is 2.35. The Morgan fingerprint density at radius 3 is 2.25 bits per heavy atom. The number of carbonyl (C=O) groups is 2. The molecule has 1 amide bonds. The Hall–Kier alpha value is -4.21. The molecule has 1 atom stereocenters. The van der Waals surface area contributed by atoms with Crippen LogP contribution in [-0.4, -0.2) is 43.2 Å². The predicted molar refractivity (Wildman–Crippen MR) is 215 cm³/mol. The number of pyridine rings is 1. The lowest BCUT2D eigenvalue weighted by molar-refractivity contribution is -0.116. The second-order valence-corrected chi connectivity index (χ2v) is 18.7. The van der Waals surface area contributed by atoms with Crippen LogP contribution in [0.25, 0.3) is 0 Å². The van der Waals surface area contributed by atoms with Crippen molar-refractivity contribution in [3.63, 3.8) is 0 Å². The van der Waals surface area contributed by atoms with Crippen molar-refractivity contribution in [3.05, 3.63) is 117 Å². The van der Waals surface area contributed by atoms with Crippen LogP contribution in [0.1, 0.15) is 110 Å². The minimum atomic E-state index is -5.03. The number of carbonyl (C=O) groups excluding carboxylic acids is 2. The molecule has 0 radical (unpaired) electrons. The van der Waals surface area contributed by atoms with Gasteiger partial charge in [-0.2, -0.15) is 0 Å². The molecule has 1 aliphatic rings. The highest BCUT2D eigenvalue weighted by molar-refractivity contribution is 9.09. The molecule has 5 rings (SSSR count). The van der Waals surface area contributed by atoms with Gasteiger partial charge in [0, 0.05) is 17.3 Å². The summed E-state index contributed by atoms with van der Waals surface area (Å²) in [7, 11) is -5.03. The highest BCUT2D eigenvalue weighted by Crippen LogP contribution is 2.44. The third kappa shape index (κ3) is 10.5. The van der Waals surface area contributed by atoms with Crippen molar-refractivity contribution in [3.8, 4) is 5.75 Å². The van der Waals surface area contributed by atoms with E-state index in [0.29, 0.717) is 11.5 Å². The molecule has 1 N–H and O–H groups in total. The molecule has 4 aromatic rings. The number of nitrogens with one attached hydrogen (secondary N) is 1. The van der Waals surface area contributed by atoms with Crippen molar-refractivity contribution in [1.29, 1.82) is 0 Å². The zero-order chi connectivity index (χ0) is 42.2. The van der Waals surface area contributed by atoms with Crippen molar-refractivity contribution in [2.75, 3.05) is 22.0 Å². The van der Waals surface area contributed by atoms with Crippen LogP contribution in [0.5, 0.6) is 5.75 Å². The first-order valence-corrected chi connectivity index (χ1v) is 21.0. The number of esters is 1. The van der Waals surface area contributed by atoms with Crippen molar-refractivity contribution in [1.82, 2.24) is 4.98 Å². The second-order valence-electron chi connectivity index (χ2n) is 15.7. The van der Waals surface area contributed by atoms with Crippen LogP contribution in [0.2, 0.25) is 5.15 Å². The van der Waals surface area contributed by atoms with E-state index in [2.05, 4.69) is 27.0 Å². The molecule has 1 aromatic heterocycles. The van der Waals surface area contributed by atoms with E-state index < -0.39 is 72.6 Å². The molecule has 57 heavy (non-hydrogen) atoms. The summed E-state index contributed by atoms with van der Waals surface area (Å²) in [4.78, 5) is 30.9. The molecule has 1 fully saturated rings. The Kier molecular flexibility index (Phi) is 13.1. The van der Waals surface area contributed by atoms with Gasteiger partial charge in [0.25, 0.3) is 0 Å². The normalized spacial score (nSPS) is 13.9. The SMILES string of the molecule is CCOc1cc(C(=O)OC(C)(C)C)ccc1N(Cc1cc(C2CC2)cc(C(C)(C)C)c1)C(=O)CS(=O)(=O)Nc1c(F)c(F)c(F)c(F)c1C(Br)c1cccnc1Cl. The fourth-order valence-corrected chi connectivity index (χ4v) is 8.24. The fourth-order valence-electron chi connectivity index (χ4n) is 6.02. The van der Waals surface area contributed by atoms with Crippen molar-refractivity contribution >= 4 is 60.8 Å². The maximum atomic E-state index is 15.5. The number of hydrogen-bond donors (Lipinski definition) is 1. The smallest absolute Gasteiger partial charge is 0.338 e. The van der Waals surface area contributed by atoms with Gasteiger partial charge in [-0.25, -0.2) is 35.8 Å². The molecule has 1 aliphatic carbocycles. The number of ether oxygens (including phenoxy) is 2. The van der Waals surface area contributed by atoms with E-state index in [9.17, 15) is 26.8 Å². The molecule has 1 unspecified atom stereocenters. The predicted octanol–water partition coefficient (Wildman–Crippen LogP) is 10.3. The Morgan fingerprint density at radius 2 is 1.65 bits per heavy atom. The van der Waals surface area contributed by atoms with E-state index in [1.54, 1.807) is 32.4 Å². The van der Waals surface area contributed by atoms with Crippen LogP contribution in [0.4, 0.5) is 28.9 Å². The Labute approximate surface area is 343 Å². The van der Waals surface area contributed by atoms with Crippen LogP contribution >= 0.6 is 27.5 Å². The van der Waals surface area contributed by atoms with Gasteiger partial charge < -0.3 is 14.4 Å². The van der Waals surface area contributed by atoms with Crippen LogP contribution in [0.3, 0.4) is 0 Å². The van der Waals surface area contributed by atoms with Crippen molar-refractivity contribution in [2.24, 2.45) is 0 Å². The minimum Gasteiger partial charge on any atom is -0.492 e. The average molecular weight is 897 g/mol. The Morgan fingerprint density at radius 1 is 0.982 bits per heavy atom. The van der Waals surface area contributed by atoms with Crippen LogP contribution < -0.4 is 14.4 Å². The van der Waals surface area contributed by atoms with E-state index in [1.165, 1.54) is 36.5 Å². The monoisotopic (exact) mass is 895 g/mol. The standard InChI is InChI=1S/C41H43BrClF4N3O6S/c1-8-55-29-19-24(39(52)56-41(5,6)7)13-14-28(29)50(20-22-16-25(23-11-12-23)18-26(17-22)40(2,3)4)30(51)21-57(53,54)49-37-31(33(44)34(45)35(46)36(37)47)32(42)27-10-9-15-48-38(27)43/h9-10,13-19,23,32,49H,8,11-12,20-21H2,1-7H3. The first-order valence-electron chi connectivity index (χ1n) is 18.1. The molecule has 1 saturated carbocycles. The molecule has 1 heterocycles. The van der Waals surface area contributed by atoms with E-state index in [1.807, 2.05) is 32.9 Å². The summed E-state index contributed by atoms with van der Waals surface area (Å²) in [6, 6.07) is 12.9. The van der Waals surface area contributed by atoms with Gasteiger partial charge in [-0.3, -0.25) is 9.52 Å².